The summed E-state index contributed by atoms with van der Waals surface area (Å²) in [6, 6.07) is 12.1. The van der Waals surface area contributed by atoms with Gasteiger partial charge in [0.2, 0.25) is 5.91 Å². The molecule has 0 radical (unpaired) electrons. The average molecular weight is 643 g/mol. The monoisotopic (exact) mass is 642 g/mol. The van der Waals surface area contributed by atoms with Gasteiger partial charge in [0.25, 0.3) is 0 Å². The Morgan fingerprint density at radius 1 is 1.09 bits per heavy atom. The molecule has 1 saturated carbocycles. The fraction of sp³-hybridized carbons (Fsp3) is 0.367. The number of nitrogens with zero attached hydrogens (tertiary/aromatic N) is 1. The lowest BCUT2D eigenvalue weighted by molar-refractivity contribution is -0.124. The number of benzene rings is 1. The standard InChI is InChI=1S/C30H34N4O6S3/c1-19-15-22(34-43(37,38)40-23-12-13-23)11-10-21(19)17-24(26-18-42-29(32-26)27-9-6-14-41-27)31-28(35)25(33-30(36)39-2)16-20-7-4-3-5-8-20/h3-11,14-15,18-19,21,23-25,34H,12-13,16-17H2,1-2H3,(H,31,35)(H,33,36). The molecule has 2 amide bonds. The molecule has 0 spiro atoms. The molecule has 2 heterocycles. The Morgan fingerprint density at radius 3 is 2.56 bits per heavy atom. The molecule has 3 N–H and O–H groups in total. The molecule has 3 aromatic rings. The summed E-state index contributed by atoms with van der Waals surface area (Å²) < 4.78 is 37.0. The first kappa shape index (κ1) is 30.9. The van der Waals surface area contributed by atoms with Gasteiger partial charge >= 0.3 is 16.4 Å². The van der Waals surface area contributed by atoms with Crippen LogP contribution in [0.1, 0.15) is 43.5 Å². The van der Waals surface area contributed by atoms with Gasteiger partial charge in [-0.25, -0.2) is 9.78 Å². The van der Waals surface area contributed by atoms with Crippen molar-refractivity contribution in [3.8, 4) is 9.88 Å². The number of thiazole rings is 1. The van der Waals surface area contributed by atoms with E-state index in [1.807, 2.05) is 72.3 Å². The topological polar surface area (TPSA) is 136 Å². The van der Waals surface area contributed by atoms with Crippen molar-refractivity contribution in [2.45, 2.75) is 50.8 Å². The van der Waals surface area contributed by atoms with Crippen LogP contribution in [0.5, 0.6) is 0 Å². The molecule has 2 aromatic heterocycles. The number of aromatic nitrogens is 1. The van der Waals surface area contributed by atoms with E-state index in [0.29, 0.717) is 17.8 Å². The van der Waals surface area contributed by atoms with Gasteiger partial charge < -0.3 is 15.4 Å². The summed E-state index contributed by atoms with van der Waals surface area (Å²) in [5.74, 6) is -0.443. The number of amides is 2. The summed E-state index contributed by atoms with van der Waals surface area (Å²) in [6.45, 7) is 2.00. The van der Waals surface area contributed by atoms with Crippen molar-refractivity contribution in [2.24, 2.45) is 11.8 Å². The fourth-order valence-corrected chi connectivity index (χ4v) is 7.47. The van der Waals surface area contributed by atoms with Crippen LogP contribution >= 0.6 is 22.7 Å². The fourth-order valence-electron chi connectivity index (χ4n) is 4.76. The predicted molar refractivity (Wildman–Crippen MR) is 166 cm³/mol. The van der Waals surface area contributed by atoms with Gasteiger partial charge in [-0.2, -0.15) is 8.42 Å². The molecule has 2 aliphatic rings. The third kappa shape index (κ3) is 8.75. The summed E-state index contributed by atoms with van der Waals surface area (Å²) in [5, 5.41) is 10.6. The van der Waals surface area contributed by atoms with Crippen molar-refractivity contribution in [1.29, 1.82) is 0 Å². The van der Waals surface area contributed by atoms with Crippen molar-refractivity contribution in [1.82, 2.24) is 20.3 Å². The summed E-state index contributed by atoms with van der Waals surface area (Å²) in [6.07, 6.45) is 6.86. The smallest absolute Gasteiger partial charge is 0.407 e. The van der Waals surface area contributed by atoms with Crippen LogP contribution in [0.4, 0.5) is 4.79 Å². The van der Waals surface area contributed by atoms with Gasteiger partial charge in [0.05, 0.1) is 29.8 Å². The maximum atomic E-state index is 13.7. The molecule has 43 heavy (non-hydrogen) atoms. The zero-order chi connectivity index (χ0) is 30.4. The number of hydrogen-bond acceptors (Lipinski definition) is 9. The molecule has 1 fully saturated rings. The third-order valence-electron chi connectivity index (χ3n) is 7.18. The Bertz CT molecular complexity index is 1570. The number of carbonyl (C=O) groups is 2. The third-order valence-corrected chi connectivity index (χ3v) is 10.1. The lowest BCUT2D eigenvalue weighted by atomic mass is 9.83. The Kier molecular flexibility index (Phi) is 9.96. The molecule has 1 aromatic carbocycles. The molecule has 4 atom stereocenters. The van der Waals surface area contributed by atoms with Gasteiger partial charge in [0.1, 0.15) is 11.0 Å². The molecule has 0 aliphatic heterocycles. The van der Waals surface area contributed by atoms with Crippen molar-refractivity contribution in [2.75, 3.05) is 7.11 Å². The number of allylic oxidation sites excluding steroid dienone is 3. The molecule has 2 aliphatic carbocycles. The van der Waals surface area contributed by atoms with Gasteiger partial charge in [0.15, 0.2) is 0 Å². The first-order valence-electron chi connectivity index (χ1n) is 14.0. The Labute approximate surface area is 259 Å². The molecule has 0 saturated heterocycles. The van der Waals surface area contributed by atoms with E-state index in [4.69, 9.17) is 13.9 Å². The van der Waals surface area contributed by atoms with Crippen molar-refractivity contribution in [3.05, 3.63) is 88.4 Å². The number of alkyl carbamates (subject to hydrolysis) is 1. The molecule has 4 unspecified atom stereocenters. The first-order valence-corrected chi connectivity index (χ1v) is 17.1. The summed E-state index contributed by atoms with van der Waals surface area (Å²) in [4.78, 5) is 31.8. The highest BCUT2D eigenvalue weighted by atomic mass is 32.2. The Hall–Kier alpha value is -3.52. The zero-order valence-corrected chi connectivity index (χ0v) is 26.2. The summed E-state index contributed by atoms with van der Waals surface area (Å²) >= 11 is 3.10. The minimum atomic E-state index is -3.89. The van der Waals surface area contributed by atoms with Crippen molar-refractivity contribution >= 4 is 45.0 Å². The minimum absolute atomic E-state index is 0.0315. The second-order valence-corrected chi connectivity index (χ2v) is 13.7. The molecule has 5 rings (SSSR count). The van der Waals surface area contributed by atoms with E-state index in [9.17, 15) is 18.0 Å². The van der Waals surface area contributed by atoms with Crippen molar-refractivity contribution < 1.29 is 26.9 Å². The van der Waals surface area contributed by atoms with Crippen LogP contribution in [0.25, 0.3) is 9.88 Å². The predicted octanol–water partition coefficient (Wildman–Crippen LogP) is 5.11. The maximum Gasteiger partial charge on any atom is 0.407 e. The van der Waals surface area contributed by atoms with E-state index < -0.39 is 28.5 Å². The number of rotatable bonds is 13. The quantitative estimate of drug-likeness (QED) is 0.236. The van der Waals surface area contributed by atoms with E-state index in [0.717, 1.165) is 28.3 Å². The van der Waals surface area contributed by atoms with Crippen LogP contribution in [0, 0.1) is 11.8 Å². The van der Waals surface area contributed by atoms with E-state index in [2.05, 4.69) is 15.4 Å². The van der Waals surface area contributed by atoms with Crippen LogP contribution < -0.4 is 15.4 Å². The van der Waals surface area contributed by atoms with Crippen LogP contribution in [0.3, 0.4) is 0 Å². The van der Waals surface area contributed by atoms with Gasteiger partial charge in [-0.05, 0) is 54.2 Å². The van der Waals surface area contributed by atoms with Gasteiger partial charge in [-0.3, -0.25) is 13.7 Å². The van der Waals surface area contributed by atoms with Crippen LogP contribution in [-0.2, 0) is 30.4 Å². The van der Waals surface area contributed by atoms with Gasteiger partial charge in [-0.1, -0.05) is 55.5 Å². The normalized spacial score (nSPS) is 19.6. The highest BCUT2D eigenvalue weighted by Crippen LogP contribution is 2.35. The Morgan fingerprint density at radius 2 is 1.88 bits per heavy atom. The van der Waals surface area contributed by atoms with E-state index >= 15 is 0 Å². The summed E-state index contributed by atoms with van der Waals surface area (Å²) in [5.41, 5.74) is 2.05. The largest absolute Gasteiger partial charge is 0.453 e. The highest BCUT2D eigenvalue weighted by molar-refractivity contribution is 7.84. The van der Waals surface area contributed by atoms with Crippen LogP contribution in [0.15, 0.2) is 77.1 Å². The average Bonchev–Trinajstić information content (AvgIpc) is 3.40. The molecule has 0 bridgehead atoms. The number of methoxy groups -OCH3 is 1. The zero-order valence-electron chi connectivity index (χ0n) is 23.8. The van der Waals surface area contributed by atoms with Gasteiger partial charge in [0, 0.05) is 17.5 Å². The molecular formula is C30H34N4O6S3. The molecular weight excluding hydrogens is 609 g/mol. The first-order chi connectivity index (χ1) is 20.7. The highest BCUT2D eigenvalue weighted by Gasteiger charge is 2.31. The maximum absolute atomic E-state index is 13.7. The van der Waals surface area contributed by atoms with E-state index in [-0.39, 0.29) is 30.3 Å². The van der Waals surface area contributed by atoms with E-state index in [1.165, 1.54) is 18.4 Å². The van der Waals surface area contributed by atoms with Crippen LogP contribution in [-0.4, -0.2) is 44.7 Å². The molecule has 228 valence electrons. The Balaban J connectivity index is 1.34. The van der Waals surface area contributed by atoms with E-state index in [1.54, 1.807) is 17.4 Å². The number of carbonyl (C=O) groups excluding carboxylic acids is 2. The SMILES string of the molecule is COC(=O)NC(Cc1ccccc1)C(=O)NC(CC1C=CC(NS(=O)(=O)OC2CC2)=CC1C)c1csc(-c2cccs2)n1. The number of nitrogens with one attached hydrogen (secondary N) is 3. The molecule has 10 nitrogen and oxygen atoms in total. The number of ether oxygens (including phenoxy) is 1. The van der Waals surface area contributed by atoms with Gasteiger partial charge in [-0.15, -0.1) is 22.7 Å². The molecule has 13 heteroatoms. The second kappa shape index (κ2) is 13.8. The summed E-state index contributed by atoms with van der Waals surface area (Å²) in [7, 11) is -2.63. The second-order valence-electron chi connectivity index (χ2n) is 10.6. The lowest BCUT2D eigenvalue weighted by Gasteiger charge is -2.28. The van der Waals surface area contributed by atoms with Crippen molar-refractivity contribution in [3.63, 3.8) is 0 Å². The number of thiophene rings is 1. The minimum Gasteiger partial charge on any atom is -0.453 e. The number of hydrogen-bond donors (Lipinski definition) is 3. The lowest BCUT2D eigenvalue weighted by Crippen LogP contribution is -2.49. The van der Waals surface area contributed by atoms with Crippen LogP contribution in [0.2, 0.25) is 0 Å².